The van der Waals surface area contributed by atoms with Crippen LogP contribution >= 0.6 is 0 Å². The second-order valence-electron chi connectivity index (χ2n) is 5.92. The molecule has 132 valence electrons. The zero-order valence-electron chi connectivity index (χ0n) is 14.4. The van der Waals surface area contributed by atoms with Crippen molar-refractivity contribution in [2.45, 2.75) is 32.7 Å². The van der Waals surface area contributed by atoms with Gasteiger partial charge >= 0.3 is 0 Å². The van der Waals surface area contributed by atoms with Crippen LogP contribution in [0.25, 0.3) is 11.0 Å². The highest BCUT2D eigenvalue weighted by Gasteiger charge is 2.23. The summed E-state index contributed by atoms with van der Waals surface area (Å²) in [6.07, 6.45) is 4.76. The fraction of sp³-hybridized carbons (Fsp3) is 0.389. The van der Waals surface area contributed by atoms with Crippen LogP contribution in [-0.4, -0.2) is 43.6 Å². The largest absolute Gasteiger partial charge is 0.342 e. The number of imidazole rings is 1. The summed E-state index contributed by atoms with van der Waals surface area (Å²) < 4.78 is 15.0. The molecule has 3 rings (SSSR count). The average molecular weight is 343 g/mol. The van der Waals surface area contributed by atoms with Crippen LogP contribution < -0.4 is 0 Å². The van der Waals surface area contributed by atoms with Gasteiger partial charge in [-0.1, -0.05) is 6.92 Å². The van der Waals surface area contributed by atoms with Crippen LogP contribution in [0, 0.1) is 5.82 Å². The Morgan fingerprint density at radius 2 is 2.24 bits per heavy atom. The lowest BCUT2D eigenvalue weighted by Gasteiger charge is -2.25. The van der Waals surface area contributed by atoms with Crippen molar-refractivity contribution in [1.82, 2.24) is 24.6 Å². The van der Waals surface area contributed by atoms with E-state index in [0.29, 0.717) is 31.4 Å². The molecule has 2 aromatic heterocycles. The van der Waals surface area contributed by atoms with Crippen molar-refractivity contribution in [3.63, 3.8) is 0 Å². The van der Waals surface area contributed by atoms with Crippen molar-refractivity contribution in [3.8, 4) is 0 Å². The minimum Gasteiger partial charge on any atom is -0.342 e. The first-order chi connectivity index (χ1) is 12.1. The van der Waals surface area contributed by atoms with Gasteiger partial charge in [0.25, 0.3) is 0 Å². The Kier molecular flexibility index (Phi) is 5.11. The number of nitrogens with zero attached hydrogens (tertiary/aromatic N) is 4. The molecule has 1 aromatic carbocycles. The van der Waals surface area contributed by atoms with Gasteiger partial charge in [-0.25, -0.2) is 9.37 Å². The minimum atomic E-state index is -0.293. The molecule has 1 N–H and O–H groups in total. The predicted octanol–water partition coefficient (Wildman–Crippen LogP) is 2.94. The quantitative estimate of drug-likeness (QED) is 0.717. The van der Waals surface area contributed by atoms with Gasteiger partial charge in [-0.2, -0.15) is 5.10 Å². The molecule has 6 nitrogen and oxygen atoms in total. The van der Waals surface area contributed by atoms with E-state index in [1.54, 1.807) is 16.9 Å². The molecule has 0 aliphatic rings. The zero-order chi connectivity index (χ0) is 17.8. The van der Waals surface area contributed by atoms with Crippen LogP contribution in [0.3, 0.4) is 0 Å². The Labute approximate surface area is 145 Å². The number of aromatic nitrogens is 4. The van der Waals surface area contributed by atoms with Crippen LogP contribution in [0.4, 0.5) is 4.39 Å². The third kappa shape index (κ3) is 3.70. The molecule has 0 spiro atoms. The van der Waals surface area contributed by atoms with Gasteiger partial charge in [0, 0.05) is 31.9 Å². The summed E-state index contributed by atoms with van der Waals surface area (Å²) >= 11 is 0. The van der Waals surface area contributed by atoms with E-state index in [1.807, 2.05) is 31.0 Å². The number of rotatable bonds is 7. The molecule has 25 heavy (non-hydrogen) atoms. The highest BCUT2D eigenvalue weighted by Crippen LogP contribution is 2.16. The van der Waals surface area contributed by atoms with E-state index in [2.05, 4.69) is 15.1 Å². The first-order valence-electron chi connectivity index (χ1n) is 8.54. The Hall–Kier alpha value is -2.70. The summed E-state index contributed by atoms with van der Waals surface area (Å²) in [5.74, 6) is 0.507. The average Bonchev–Trinajstić information content (AvgIpc) is 3.25. The van der Waals surface area contributed by atoms with Gasteiger partial charge in [0.05, 0.1) is 11.0 Å². The molecule has 1 atom stereocenters. The molecule has 7 heteroatoms. The van der Waals surface area contributed by atoms with E-state index in [1.165, 1.54) is 12.1 Å². The number of aromatic amines is 1. The Morgan fingerprint density at radius 3 is 2.92 bits per heavy atom. The van der Waals surface area contributed by atoms with Gasteiger partial charge in [0.2, 0.25) is 5.91 Å². The maximum Gasteiger partial charge on any atom is 0.247 e. The first-order valence-corrected chi connectivity index (χ1v) is 8.54. The number of likely N-dealkylation sites (N-methyl/N-ethyl adjacent to an activating group) is 1. The fourth-order valence-corrected chi connectivity index (χ4v) is 2.97. The predicted molar refractivity (Wildman–Crippen MR) is 93.6 cm³/mol. The van der Waals surface area contributed by atoms with Crippen LogP contribution in [0.15, 0.2) is 36.7 Å². The first kappa shape index (κ1) is 17.1. The number of halogens is 1. The zero-order valence-corrected chi connectivity index (χ0v) is 14.4. The number of fused-ring (bicyclic) bond motifs is 1. The van der Waals surface area contributed by atoms with Gasteiger partial charge in [-0.3, -0.25) is 9.48 Å². The van der Waals surface area contributed by atoms with Gasteiger partial charge in [0.15, 0.2) is 0 Å². The van der Waals surface area contributed by atoms with Crippen molar-refractivity contribution >= 4 is 16.9 Å². The van der Waals surface area contributed by atoms with Crippen LogP contribution in [0.5, 0.6) is 0 Å². The van der Waals surface area contributed by atoms with Crippen molar-refractivity contribution in [3.05, 3.63) is 48.3 Å². The van der Waals surface area contributed by atoms with Crippen molar-refractivity contribution < 1.29 is 9.18 Å². The smallest absolute Gasteiger partial charge is 0.247 e. The fourth-order valence-electron chi connectivity index (χ4n) is 2.97. The number of benzene rings is 1. The minimum absolute atomic E-state index is 0.0517. The summed E-state index contributed by atoms with van der Waals surface area (Å²) in [7, 11) is 0. The van der Waals surface area contributed by atoms with Crippen LogP contribution in [0.2, 0.25) is 0 Å². The number of amides is 1. The maximum atomic E-state index is 13.3. The Balaban J connectivity index is 1.69. The summed E-state index contributed by atoms with van der Waals surface area (Å²) in [6.45, 7) is 5.11. The standard InChI is InChI=1S/C18H22FN5O/c1-3-16(24-10-5-9-20-24)18(25)23(4-2)11-8-17-21-14-7-6-13(19)12-15(14)22-17/h5-7,9-10,12,16H,3-4,8,11H2,1-2H3,(H,21,22). The summed E-state index contributed by atoms with van der Waals surface area (Å²) in [6, 6.07) is 6.00. The van der Waals surface area contributed by atoms with E-state index >= 15 is 0 Å². The second kappa shape index (κ2) is 7.46. The number of hydrogen-bond acceptors (Lipinski definition) is 3. The molecule has 0 aliphatic heterocycles. The molecular formula is C18H22FN5O. The number of nitrogens with one attached hydrogen (secondary N) is 1. The van der Waals surface area contributed by atoms with Crippen LogP contribution in [-0.2, 0) is 11.2 Å². The topological polar surface area (TPSA) is 66.8 Å². The Bertz CT molecular complexity index is 842. The molecule has 0 aliphatic carbocycles. The molecular weight excluding hydrogens is 321 g/mol. The van der Waals surface area contributed by atoms with Gasteiger partial charge in [-0.15, -0.1) is 0 Å². The van der Waals surface area contributed by atoms with E-state index in [-0.39, 0.29) is 17.8 Å². The molecule has 0 fully saturated rings. The lowest BCUT2D eigenvalue weighted by molar-refractivity contribution is -0.135. The third-order valence-corrected chi connectivity index (χ3v) is 4.32. The lowest BCUT2D eigenvalue weighted by atomic mass is 10.2. The number of H-pyrrole nitrogens is 1. The highest BCUT2D eigenvalue weighted by atomic mass is 19.1. The van der Waals surface area contributed by atoms with E-state index < -0.39 is 0 Å². The summed E-state index contributed by atoms with van der Waals surface area (Å²) in [5, 5.41) is 4.20. The summed E-state index contributed by atoms with van der Waals surface area (Å²) in [5.41, 5.74) is 1.40. The second-order valence-corrected chi connectivity index (χ2v) is 5.92. The maximum absolute atomic E-state index is 13.3. The summed E-state index contributed by atoms with van der Waals surface area (Å²) in [4.78, 5) is 22.2. The van der Waals surface area contributed by atoms with Crippen LogP contribution in [0.1, 0.15) is 32.1 Å². The molecule has 3 aromatic rings. The molecule has 1 amide bonds. The number of carbonyl (C=O) groups excluding carboxylic acids is 1. The Morgan fingerprint density at radius 1 is 1.40 bits per heavy atom. The number of carbonyl (C=O) groups is 1. The van der Waals surface area contributed by atoms with Crippen molar-refractivity contribution in [2.24, 2.45) is 0 Å². The van der Waals surface area contributed by atoms with Gasteiger partial charge in [-0.05, 0) is 37.6 Å². The van der Waals surface area contributed by atoms with Gasteiger partial charge < -0.3 is 9.88 Å². The molecule has 2 heterocycles. The monoisotopic (exact) mass is 343 g/mol. The van der Waals surface area contributed by atoms with Crippen molar-refractivity contribution in [2.75, 3.05) is 13.1 Å². The van der Waals surface area contributed by atoms with E-state index in [4.69, 9.17) is 0 Å². The van der Waals surface area contributed by atoms with Crippen molar-refractivity contribution in [1.29, 1.82) is 0 Å². The molecule has 0 radical (unpaired) electrons. The third-order valence-electron chi connectivity index (χ3n) is 4.32. The molecule has 0 saturated heterocycles. The van der Waals surface area contributed by atoms with Gasteiger partial charge in [0.1, 0.15) is 17.7 Å². The molecule has 0 bridgehead atoms. The normalized spacial score (nSPS) is 12.4. The highest BCUT2D eigenvalue weighted by molar-refractivity contribution is 5.80. The lowest BCUT2D eigenvalue weighted by Crippen LogP contribution is -2.38. The number of hydrogen-bond donors (Lipinski definition) is 1. The molecule has 0 saturated carbocycles. The van der Waals surface area contributed by atoms with E-state index in [0.717, 1.165) is 11.3 Å². The van der Waals surface area contributed by atoms with E-state index in [9.17, 15) is 9.18 Å². The molecule has 1 unspecified atom stereocenters. The SMILES string of the molecule is CCC(C(=O)N(CC)CCc1nc2ccc(F)cc2[nH]1)n1cccn1.